The van der Waals surface area contributed by atoms with Crippen molar-refractivity contribution in [2.45, 2.75) is 175 Å². The monoisotopic (exact) mass is 898 g/mol. The average Bonchev–Trinajstić information content (AvgIpc) is 3.27. The van der Waals surface area contributed by atoms with Crippen LogP contribution in [0, 0.1) is 47.3 Å². The number of carbonyl (C=O) groups excluding carboxylic acids is 5. The van der Waals surface area contributed by atoms with Gasteiger partial charge in [-0.1, -0.05) is 78.0 Å². The van der Waals surface area contributed by atoms with Gasteiger partial charge in [0.2, 0.25) is 5.79 Å². The normalized spacial score (nSPS) is 40.9. The molecule has 3 heterocycles. The minimum absolute atomic E-state index is 0.0697. The van der Waals surface area contributed by atoms with Crippen molar-refractivity contribution in [3.05, 3.63) is 47.6 Å². The first kappa shape index (κ1) is 53.3. The third kappa shape index (κ3) is 13.9. The summed E-state index contributed by atoms with van der Waals surface area (Å²) in [5.74, 6) is -8.57. The highest BCUT2D eigenvalue weighted by Gasteiger charge is 2.53. The third-order valence-electron chi connectivity index (χ3n) is 14.7. The molecule has 0 unspecified atom stereocenters. The number of allylic oxidation sites excluding steroid dienone is 6. The Bertz CT molecular complexity index is 1740. The van der Waals surface area contributed by atoms with E-state index in [0.717, 1.165) is 5.57 Å². The van der Waals surface area contributed by atoms with Crippen LogP contribution < -0.4 is 0 Å². The maximum atomic E-state index is 14.3. The lowest BCUT2D eigenvalue weighted by molar-refractivity contribution is -0.265. The van der Waals surface area contributed by atoms with E-state index in [9.17, 15) is 44.4 Å². The fraction of sp³-hybridized carbons (Fsp3) is 0.745. The number of ketones is 3. The van der Waals surface area contributed by atoms with E-state index >= 15 is 0 Å². The quantitative estimate of drug-likeness (QED) is 0.135. The van der Waals surface area contributed by atoms with Gasteiger partial charge >= 0.3 is 5.97 Å². The number of amides is 1. The first-order chi connectivity index (χ1) is 30.2. The summed E-state index contributed by atoms with van der Waals surface area (Å²) >= 11 is 0. The summed E-state index contributed by atoms with van der Waals surface area (Å²) in [6.45, 7) is 14.4. The molecule has 4 rings (SSSR count). The molecular weight excluding hydrogens is 819 g/mol. The summed E-state index contributed by atoms with van der Waals surface area (Å²) < 4.78 is 18.2. The Morgan fingerprint density at radius 2 is 1.61 bits per heavy atom. The van der Waals surface area contributed by atoms with E-state index in [1.54, 1.807) is 40.9 Å². The van der Waals surface area contributed by atoms with Gasteiger partial charge in [0.25, 0.3) is 11.7 Å². The molecule has 64 heavy (non-hydrogen) atoms. The number of hydrogen-bond donors (Lipinski definition) is 4. The van der Waals surface area contributed by atoms with E-state index < -0.39 is 77.8 Å². The molecule has 4 N–H and O–H groups in total. The molecule has 0 aromatic heterocycles. The third-order valence-corrected chi connectivity index (χ3v) is 14.7. The van der Waals surface area contributed by atoms with Crippen molar-refractivity contribution in [1.29, 1.82) is 0 Å². The smallest absolute Gasteiger partial charge is 0.329 e. The number of fused-ring (bicyclic) bond motifs is 3. The number of ether oxygens (including phenoxy) is 3. The zero-order valence-corrected chi connectivity index (χ0v) is 39.9. The molecule has 13 nitrogen and oxygen atoms in total. The molecule has 1 saturated carbocycles. The van der Waals surface area contributed by atoms with Crippen molar-refractivity contribution in [2.75, 3.05) is 20.3 Å². The van der Waals surface area contributed by atoms with Crippen LogP contribution in [0.25, 0.3) is 0 Å². The number of cyclic esters (lactones) is 1. The summed E-state index contributed by atoms with van der Waals surface area (Å²) in [7, 11) is 1.58. The second-order valence-electron chi connectivity index (χ2n) is 19.9. The van der Waals surface area contributed by atoms with Crippen LogP contribution in [0.5, 0.6) is 0 Å². The van der Waals surface area contributed by atoms with E-state index in [0.29, 0.717) is 69.8 Å². The maximum Gasteiger partial charge on any atom is 0.329 e. The summed E-state index contributed by atoms with van der Waals surface area (Å²) in [6.07, 6.45) is 13.0. The predicted octanol–water partition coefficient (Wildman–Crippen LogP) is 6.40. The lowest BCUT2D eigenvalue weighted by Gasteiger charge is -2.42. The van der Waals surface area contributed by atoms with Gasteiger partial charge in [-0.25, -0.2) is 4.79 Å². The molecule has 3 fully saturated rings. The van der Waals surface area contributed by atoms with E-state index in [2.05, 4.69) is 0 Å². The lowest BCUT2D eigenvalue weighted by atomic mass is 9.75. The molecule has 4 aliphatic rings. The van der Waals surface area contributed by atoms with E-state index in [1.165, 1.54) is 4.90 Å². The van der Waals surface area contributed by atoms with Crippen LogP contribution in [-0.4, -0.2) is 117 Å². The van der Waals surface area contributed by atoms with Gasteiger partial charge in [0.1, 0.15) is 23.7 Å². The van der Waals surface area contributed by atoms with Gasteiger partial charge in [-0.15, -0.1) is 0 Å². The number of aliphatic hydroxyl groups is 4. The van der Waals surface area contributed by atoms with E-state index in [-0.39, 0.29) is 67.1 Å². The Labute approximate surface area is 381 Å². The SMILES string of the molecule is CO[C@H]1C[C@@H]2CC[C@@H](C)[C@@](O)(O2)C(=O)C(=O)N2CCCC[C@H]2C(=O)O[C@H]([C@H](C)C[C@@H]2CC[C@@H](O)[C@H](CO)C2)CC(=O)[C@H](C)/C=C(\C)[C@@H](O)[C@@H](C)C(=O)[C@H](C)C[C@H](C)/C=C/C=C/C=C/1C. The van der Waals surface area contributed by atoms with Crippen LogP contribution in [0.1, 0.15) is 132 Å². The number of rotatable bonds is 5. The molecule has 13 heteroatoms. The Morgan fingerprint density at radius 3 is 2.30 bits per heavy atom. The fourth-order valence-corrected chi connectivity index (χ4v) is 10.3. The second kappa shape index (κ2) is 24.4. The highest BCUT2D eigenvalue weighted by molar-refractivity contribution is 6.39. The molecule has 1 aliphatic carbocycles. The molecular formula is C51H79NO12. The van der Waals surface area contributed by atoms with Gasteiger partial charge in [-0.05, 0) is 107 Å². The van der Waals surface area contributed by atoms with Crippen LogP contribution in [-0.2, 0) is 38.2 Å². The number of Topliss-reactive ketones (excluding diaryl/α,β-unsaturated/α-hetero) is 3. The zero-order chi connectivity index (χ0) is 47.5. The second-order valence-corrected chi connectivity index (χ2v) is 19.9. The molecule has 0 radical (unpaired) electrons. The molecule has 0 spiro atoms. The molecule has 2 saturated heterocycles. The first-order valence-corrected chi connectivity index (χ1v) is 23.9. The number of hydrogen-bond acceptors (Lipinski definition) is 12. The molecule has 0 aromatic carbocycles. The van der Waals surface area contributed by atoms with Crippen LogP contribution in [0.2, 0.25) is 0 Å². The zero-order valence-electron chi connectivity index (χ0n) is 39.9. The molecule has 2 bridgehead atoms. The maximum absolute atomic E-state index is 14.3. The van der Waals surface area contributed by atoms with Gasteiger partial charge < -0.3 is 39.5 Å². The van der Waals surface area contributed by atoms with Crippen LogP contribution in [0.3, 0.4) is 0 Å². The highest BCUT2D eigenvalue weighted by Crippen LogP contribution is 2.38. The van der Waals surface area contributed by atoms with E-state index in [1.807, 2.05) is 58.1 Å². The summed E-state index contributed by atoms with van der Waals surface area (Å²) in [4.78, 5) is 71.5. The van der Waals surface area contributed by atoms with Crippen LogP contribution >= 0.6 is 0 Å². The summed E-state index contributed by atoms with van der Waals surface area (Å²) in [5, 5.41) is 43.6. The Morgan fingerprint density at radius 1 is 0.891 bits per heavy atom. The number of piperidine rings is 1. The number of esters is 1. The molecule has 1 amide bonds. The van der Waals surface area contributed by atoms with Gasteiger partial charge in [0.15, 0.2) is 0 Å². The van der Waals surface area contributed by atoms with Crippen molar-refractivity contribution in [1.82, 2.24) is 4.90 Å². The number of aliphatic hydroxyl groups excluding tert-OH is 3. The van der Waals surface area contributed by atoms with Crippen molar-refractivity contribution in [2.24, 2.45) is 47.3 Å². The van der Waals surface area contributed by atoms with Gasteiger partial charge in [0, 0.05) is 62.7 Å². The topological polar surface area (TPSA) is 197 Å². The first-order valence-electron chi connectivity index (χ1n) is 23.9. The van der Waals surface area contributed by atoms with Crippen molar-refractivity contribution in [3.63, 3.8) is 0 Å². The van der Waals surface area contributed by atoms with E-state index in [4.69, 9.17) is 14.2 Å². The minimum Gasteiger partial charge on any atom is -0.460 e. The van der Waals surface area contributed by atoms with Crippen molar-refractivity contribution in [3.8, 4) is 0 Å². The Hall–Kier alpha value is -3.33. The van der Waals surface area contributed by atoms with Gasteiger partial charge in [-0.2, -0.15) is 0 Å². The Balaban J connectivity index is 1.69. The summed E-state index contributed by atoms with van der Waals surface area (Å²) in [6, 6.07) is -1.14. The highest BCUT2D eigenvalue weighted by atomic mass is 16.6. The largest absolute Gasteiger partial charge is 0.460 e. The lowest BCUT2D eigenvalue weighted by Crippen LogP contribution is -2.61. The predicted molar refractivity (Wildman–Crippen MR) is 243 cm³/mol. The Kier molecular flexibility index (Phi) is 20.4. The average molecular weight is 898 g/mol. The molecule has 15 atom stereocenters. The number of methoxy groups -OCH3 is 1. The van der Waals surface area contributed by atoms with Crippen molar-refractivity contribution < 1.29 is 58.6 Å². The van der Waals surface area contributed by atoms with Gasteiger partial charge in [-0.3, -0.25) is 19.2 Å². The minimum atomic E-state index is -2.43. The molecule has 3 aliphatic heterocycles. The number of carbonyl (C=O) groups is 5. The summed E-state index contributed by atoms with van der Waals surface area (Å²) in [5.41, 5.74) is 1.37. The van der Waals surface area contributed by atoms with Crippen LogP contribution in [0.15, 0.2) is 47.6 Å². The fourth-order valence-electron chi connectivity index (χ4n) is 10.3. The molecule has 360 valence electrons. The van der Waals surface area contributed by atoms with Crippen LogP contribution in [0.4, 0.5) is 0 Å². The van der Waals surface area contributed by atoms with Gasteiger partial charge in [0.05, 0.1) is 24.4 Å². The standard InChI is InChI=1S/C51H79NO12/c1-30-15-11-10-12-16-31(2)44(62-9)27-40-20-18-36(7)51(61,64-40)48(58)49(59)52-22-14-13-17-41(52)50(60)63-45(33(4)25-38-19-21-42(54)39(26-38)29-53)28-43(55)32(3)24-35(6)47(57)37(8)46(56)34(5)23-30/h10-12,15-16,24,30,32-34,36-42,44-45,47,53-54,57,61H,13-14,17-23,25-29H2,1-9H3/b12-10+,15-11+,31-16+,35-24+/t30-,32-,33-,34-,36-,37+,38+,39+,40+,41+,42-,44+,45+,47-,51-/m1/s1. The number of nitrogens with zero attached hydrogens (tertiary/aromatic N) is 1. The molecule has 0 aromatic rings. The van der Waals surface area contributed by atoms with Crippen molar-refractivity contribution >= 4 is 29.2 Å².